The molecular weight excluding hydrogens is 308 g/mol. The van der Waals surface area contributed by atoms with Gasteiger partial charge in [0.05, 0.1) is 0 Å². The molecule has 22 heavy (non-hydrogen) atoms. The van der Waals surface area contributed by atoms with E-state index >= 15 is 0 Å². The number of carbonyl (C=O) groups excluding carboxylic acids is 1. The molecule has 0 saturated carbocycles. The first-order valence-corrected chi connectivity index (χ1v) is 7.93. The third kappa shape index (κ3) is 4.11. The van der Waals surface area contributed by atoms with Gasteiger partial charge in [0.15, 0.2) is 0 Å². The fourth-order valence-corrected chi connectivity index (χ4v) is 3.05. The summed E-state index contributed by atoms with van der Waals surface area (Å²) >= 11 is 1.57. The van der Waals surface area contributed by atoms with E-state index < -0.39 is 23.1 Å². The summed E-state index contributed by atoms with van der Waals surface area (Å²) in [4.78, 5) is 11.9. The second-order valence-corrected chi connectivity index (χ2v) is 5.69. The van der Waals surface area contributed by atoms with Crippen molar-refractivity contribution in [1.29, 1.82) is 0 Å². The number of rotatable bonds is 7. The van der Waals surface area contributed by atoms with E-state index in [4.69, 9.17) is 5.11 Å². The van der Waals surface area contributed by atoms with E-state index in [-0.39, 0.29) is 19.1 Å². The number of hydrogen-bond acceptors (Lipinski definition) is 3. The second-order valence-electron chi connectivity index (χ2n) is 4.91. The van der Waals surface area contributed by atoms with Gasteiger partial charge in [-0.2, -0.15) is 11.3 Å². The summed E-state index contributed by atoms with van der Waals surface area (Å²) in [6.45, 7) is 0.337. The predicted molar refractivity (Wildman–Crippen MR) is 82.1 cm³/mol. The fourth-order valence-electron chi connectivity index (χ4n) is 2.30. The molecule has 0 saturated heterocycles. The van der Waals surface area contributed by atoms with Crippen molar-refractivity contribution < 1.29 is 18.7 Å². The van der Waals surface area contributed by atoms with E-state index in [1.54, 1.807) is 11.3 Å². The Morgan fingerprint density at radius 1 is 1.23 bits per heavy atom. The Labute approximate surface area is 131 Å². The number of aliphatic hydroxyl groups is 1. The fraction of sp³-hybridized carbons (Fsp3) is 0.312. The highest BCUT2D eigenvalue weighted by atomic mass is 32.1. The molecule has 1 aromatic heterocycles. The van der Waals surface area contributed by atoms with Crippen LogP contribution in [-0.4, -0.2) is 24.2 Å². The molecule has 0 fully saturated rings. The Morgan fingerprint density at radius 2 is 1.95 bits per heavy atom. The van der Waals surface area contributed by atoms with Gasteiger partial charge in [0.25, 0.3) is 5.91 Å². The van der Waals surface area contributed by atoms with Gasteiger partial charge in [-0.15, -0.1) is 0 Å². The van der Waals surface area contributed by atoms with Crippen molar-refractivity contribution in [2.45, 2.75) is 18.8 Å². The zero-order valence-corrected chi connectivity index (χ0v) is 12.7. The van der Waals surface area contributed by atoms with E-state index in [0.29, 0.717) is 12.8 Å². The first-order valence-electron chi connectivity index (χ1n) is 6.98. The van der Waals surface area contributed by atoms with Crippen LogP contribution < -0.4 is 5.32 Å². The maximum Gasteiger partial charge on any atom is 0.257 e. The van der Waals surface area contributed by atoms with Crippen LogP contribution in [0.3, 0.4) is 0 Å². The van der Waals surface area contributed by atoms with Gasteiger partial charge < -0.3 is 10.4 Å². The van der Waals surface area contributed by atoms with Crippen molar-refractivity contribution in [2.75, 3.05) is 13.2 Å². The van der Waals surface area contributed by atoms with Gasteiger partial charge in [0.2, 0.25) is 0 Å². The van der Waals surface area contributed by atoms with E-state index in [1.165, 1.54) is 6.07 Å². The number of amides is 1. The largest absolute Gasteiger partial charge is 0.396 e. The molecule has 0 aliphatic heterocycles. The van der Waals surface area contributed by atoms with Crippen molar-refractivity contribution in [3.63, 3.8) is 0 Å². The number of hydrogen-bond donors (Lipinski definition) is 2. The lowest BCUT2D eigenvalue weighted by molar-refractivity contribution is 0.0943. The van der Waals surface area contributed by atoms with Gasteiger partial charge >= 0.3 is 0 Å². The molecule has 2 rings (SSSR count). The Kier molecular flexibility index (Phi) is 6.03. The zero-order chi connectivity index (χ0) is 15.9. The quantitative estimate of drug-likeness (QED) is 0.820. The number of halogens is 2. The number of benzene rings is 1. The average Bonchev–Trinajstić information content (AvgIpc) is 3.00. The van der Waals surface area contributed by atoms with Crippen LogP contribution in [0, 0.1) is 11.6 Å². The van der Waals surface area contributed by atoms with Crippen LogP contribution in [0.4, 0.5) is 8.78 Å². The summed E-state index contributed by atoms with van der Waals surface area (Å²) in [5.41, 5.74) is 0.544. The maximum absolute atomic E-state index is 13.5. The molecule has 1 heterocycles. The van der Waals surface area contributed by atoms with E-state index in [1.807, 2.05) is 16.8 Å². The van der Waals surface area contributed by atoms with Crippen molar-refractivity contribution >= 4 is 17.2 Å². The molecule has 1 aromatic carbocycles. The lowest BCUT2D eigenvalue weighted by Crippen LogP contribution is -2.27. The minimum atomic E-state index is -0.873. The minimum absolute atomic E-state index is 0.0520. The van der Waals surface area contributed by atoms with Gasteiger partial charge in [-0.1, -0.05) is 6.07 Å². The third-order valence-electron chi connectivity index (χ3n) is 3.46. The number of thiophene rings is 1. The van der Waals surface area contributed by atoms with Gasteiger partial charge in [0.1, 0.15) is 17.2 Å². The molecular formula is C16H17F2NO2S. The Morgan fingerprint density at radius 3 is 2.55 bits per heavy atom. The van der Waals surface area contributed by atoms with Crippen LogP contribution >= 0.6 is 11.3 Å². The Bertz CT molecular complexity index is 596. The van der Waals surface area contributed by atoms with Crippen LogP contribution in [0.25, 0.3) is 0 Å². The lowest BCUT2D eigenvalue weighted by Gasteiger charge is -2.15. The molecule has 0 aliphatic rings. The molecule has 0 bridgehead atoms. The summed E-state index contributed by atoms with van der Waals surface area (Å²) < 4.78 is 27.0. The van der Waals surface area contributed by atoms with E-state index in [2.05, 4.69) is 5.32 Å². The molecule has 118 valence electrons. The molecule has 0 radical (unpaired) electrons. The molecule has 1 unspecified atom stereocenters. The predicted octanol–water partition coefficient (Wildman–Crippen LogP) is 3.31. The lowest BCUT2D eigenvalue weighted by atomic mass is 9.95. The van der Waals surface area contributed by atoms with Crippen molar-refractivity contribution in [2.24, 2.45) is 0 Å². The molecule has 1 amide bonds. The highest BCUT2D eigenvalue weighted by Gasteiger charge is 2.17. The second kappa shape index (κ2) is 8.00. The van der Waals surface area contributed by atoms with Crippen LogP contribution in [0.15, 0.2) is 35.0 Å². The first kappa shape index (κ1) is 16.6. The molecule has 1 atom stereocenters. The summed E-state index contributed by atoms with van der Waals surface area (Å²) in [7, 11) is 0. The Hall–Kier alpha value is -1.79. The monoisotopic (exact) mass is 325 g/mol. The van der Waals surface area contributed by atoms with Crippen molar-refractivity contribution in [1.82, 2.24) is 5.32 Å². The van der Waals surface area contributed by atoms with Crippen LogP contribution in [0.2, 0.25) is 0 Å². The molecule has 6 heteroatoms. The highest BCUT2D eigenvalue weighted by molar-refractivity contribution is 7.07. The molecule has 3 nitrogen and oxygen atoms in total. The third-order valence-corrected chi connectivity index (χ3v) is 4.16. The van der Waals surface area contributed by atoms with Crippen LogP contribution in [-0.2, 0) is 0 Å². The van der Waals surface area contributed by atoms with E-state index in [9.17, 15) is 13.6 Å². The van der Waals surface area contributed by atoms with Gasteiger partial charge in [-0.25, -0.2) is 8.78 Å². The van der Waals surface area contributed by atoms with Gasteiger partial charge in [-0.3, -0.25) is 4.79 Å². The smallest absolute Gasteiger partial charge is 0.257 e. The van der Waals surface area contributed by atoms with Crippen molar-refractivity contribution in [3.8, 4) is 0 Å². The number of aliphatic hydroxyl groups excluding tert-OH is 1. The number of nitrogens with one attached hydrogen (secondary N) is 1. The van der Waals surface area contributed by atoms with E-state index in [0.717, 1.165) is 17.7 Å². The Balaban J connectivity index is 1.93. The standard InChI is InChI=1S/C16H17F2NO2S/c17-13-2-1-3-14(18)15(13)16(21)19-7-4-11(5-8-20)12-6-9-22-10-12/h1-3,6,9-11,20H,4-5,7-8H2,(H,19,21). The number of carbonyl (C=O) groups is 1. The molecule has 2 aromatic rings. The summed E-state index contributed by atoms with van der Waals surface area (Å²) in [5.74, 6) is -2.39. The highest BCUT2D eigenvalue weighted by Crippen LogP contribution is 2.25. The SMILES string of the molecule is O=C(NCCC(CCO)c1ccsc1)c1c(F)cccc1F. The average molecular weight is 325 g/mol. The van der Waals surface area contributed by atoms with Crippen LogP contribution in [0.5, 0.6) is 0 Å². The van der Waals surface area contributed by atoms with Gasteiger partial charge in [0, 0.05) is 13.2 Å². The summed E-state index contributed by atoms with van der Waals surface area (Å²) in [5, 5.41) is 15.6. The summed E-state index contributed by atoms with van der Waals surface area (Å²) in [6.07, 6.45) is 1.18. The van der Waals surface area contributed by atoms with Gasteiger partial charge in [-0.05, 0) is 53.3 Å². The first-order chi connectivity index (χ1) is 10.6. The van der Waals surface area contributed by atoms with Crippen LogP contribution in [0.1, 0.15) is 34.7 Å². The topological polar surface area (TPSA) is 49.3 Å². The maximum atomic E-state index is 13.5. The molecule has 0 spiro atoms. The molecule has 2 N–H and O–H groups in total. The summed E-state index contributed by atoms with van der Waals surface area (Å²) in [6, 6.07) is 5.30. The minimum Gasteiger partial charge on any atom is -0.396 e. The normalized spacial score (nSPS) is 12.1. The molecule has 0 aliphatic carbocycles. The van der Waals surface area contributed by atoms with Crippen molar-refractivity contribution in [3.05, 3.63) is 57.8 Å². The zero-order valence-electron chi connectivity index (χ0n) is 11.9.